The predicted octanol–water partition coefficient (Wildman–Crippen LogP) is 0.534. The lowest BCUT2D eigenvalue weighted by molar-refractivity contribution is -0.308. The second-order valence-corrected chi connectivity index (χ2v) is 13.0. The zero-order chi connectivity index (χ0) is 34.8. The Morgan fingerprint density at radius 1 is 0.896 bits per heavy atom. The molecule has 15 heteroatoms. The number of likely N-dealkylation sites (tertiary alicyclic amines) is 1. The molecule has 11 atom stereocenters. The Bertz CT molecular complexity index is 1570. The molecule has 6 rings (SSSR count). The van der Waals surface area contributed by atoms with Crippen molar-refractivity contribution >= 4 is 29.8 Å². The fraction of sp³-hybridized carbons (Fsp3) is 0.606. The van der Waals surface area contributed by atoms with E-state index in [0.717, 1.165) is 27.7 Å². The third-order valence-corrected chi connectivity index (χ3v) is 9.90. The van der Waals surface area contributed by atoms with Crippen molar-refractivity contribution in [1.29, 1.82) is 0 Å². The summed E-state index contributed by atoms with van der Waals surface area (Å²) in [5.41, 5.74) is 0.866. The first-order chi connectivity index (χ1) is 22.6. The molecule has 2 N–H and O–H groups in total. The van der Waals surface area contributed by atoms with Crippen LogP contribution in [0.25, 0.3) is 0 Å². The Kier molecular flexibility index (Phi) is 8.77. The summed E-state index contributed by atoms with van der Waals surface area (Å²) in [6.45, 7) is 6.27. The molecule has 1 aromatic carbocycles. The Morgan fingerprint density at radius 3 is 2.15 bits per heavy atom. The van der Waals surface area contributed by atoms with Crippen LogP contribution in [0.3, 0.4) is 0 Å². The highest BCUT2D eigenvalue weighted by Crippen LogP contribution is 2.63. The first-order valence-electron chi connectivity index (χ1n) is 15.8. The van der Waals surface area contributed by atoms with E-state index in [1.807, 2.05) is 13.1 Å². The van der Waals surface area contributed by atoms with Gasteiger partial charge in [-0.1, -0.05) is 12.2 Å². The Morgan fingerprint density at radius 2 is 1.52 bits per heavy atom. The van der Waals surface area contributed by atoms with Crippen LogP contribution in [0.1, 0.15) is 63.8 Å². The van der Waals surface area contributed by atoms with E-state index in [0.29, 0.717) is 36.3 Å². The third-order valence-electron chi connectivity index (χ3n) is 9.90. The van der Waals surface area contributed by atoms with E-state index >= 15 is 0 Å². The van der Waals surface area contributed by atoms with Crippen molar-refractivity contribution in [1.82, 2.24) is 4.90 Å². The zero-order valence-electron chi connectivity index (χ0n) is 27.4. The second kappa shape index (κ2) is 12.4. The van der Waals surface area contributed by atoms with Crippen molar-refractivity contribution in [3.05, 3.63) is 34.9 Å². The molecule has 0 aromatic heterocycles. The van der Waals surface area contributed by atoms with Crippen LogP contribution in [0.15, 0.2) is 18.2 Å². The number of ether oxygens (including phenoxy) is 7. The fourth-order valence-electron chi connectivity index (χ4n) is 8.33. The van der Waals surface area contributed by atoms with E-state index in [4.69, 9.17) is 33.2 Å². The molecule has 2 aliphatic carbocycles. The van der Waals surface area contributed by atoms with Crippen LogP contribution >= 0.6 is 0 Å². The number of likely N-dealkylation sites (N-methyl/N-ethyl adjacent to an activating group) is 1. The Balaban J connectivity index is 1.54. The molecule has 0 saturated carbocycles. The van der Waals surface area contributed by atoms with E-state index in [1.54, 1.807) is 6.08 Å². The van der Waals surface area contributed by atoms with Gasteiger partial charge in [0, 0.05) is 57.6 Å². The van der Waals surface area contributed by atoms with Crippen LogP contribution in [0.4, 0.5) is 0 Å². The minimum Gasteiger partial charge on any atom is -0.482 e. The lowest BCUT2D eigenvalue weighted by Crippen LogP contribution is -2.65. The molecule has 2 bridgehead atoms. The summed E-state index contributed by atoms with van der Waals surface area (Å²) < 4.78 is 40.0. The van der Waals surface area contributed by atoms with Gasteiger partial charge in [-0.25, -0.2) is 0 Å². The number of aliphatic hydroxyl groups excluding tert-OH is 2. The van der Waals surface area contributed by atoms with Crippen LogP contribution in [0.2, 0.25) is 0 Å². The highest BCUT2D eigenvalue weighted by Gasteiger charge is 2.65. The molecule has 1 spiro atoms. The van der Waals surface area contributed by atoms with Crippen LogP contribution in [-0.4, -0.2) is 108 Å². The fourth-order valence-corrected chi connectivity index (χ4v) is 8.33. The molecule has 5 aliphatic rings. The summed E-state index contributed by atoms with van der Waals surface area (Å²) in [5, 5.41) is 23.5. The minimum absolute atomic E-state index is 0.00751. The van der Waals surface area contributed by atoms with E-state index in [9.17, 15) is 34.2 Å². The van der Waals surface area contributed by atoms with Gasteiger partial charge in [-0.15, -0.1) is 0 Å². The van der Waals surface area contributed by atoms with Crippen LogP contribution < -0.4 is 9.47 Å². The molecule has 260 valence electrons. The smallest absolute Gasteiger partial charge is 0.308 e. The number of aliphatic hydroxyl groups is 2. The van der Waals surface area contributed by atoms with Gasteiger partial charge in [0.25, 0.3) is 0 Å². The van der Waals surface area contributed by atoms with Gasteiger partial charge in [0.1, 0.15) is 24.4 Å². The third kappa shape index (κ3) is 5.51. The number of carbonyl (C=O) groups excluding carboxylic acids is 5. The van der Waals surface area contributed by atoms with E-state index in [1.165, 1.54) is 13.0 Å². The summed E-state index contributed by atoms with van der Waals surface area (Å²) in [7, 11) is 2.00. The number of rotatable bonds is 7. The topological polar surface area (TPSA) is 194 Å². The van der Waals surface area contributed by atoms with Gasteiger partial charge in [-0.3, -0.25) is 24.0 Å². The largest absolute Gasteiger partial charge is 0.482 e. The quantitative estimate of drug-likeness (QED) is 0.176. The molecular weight excluding hydrogens is 634 g/mol. The molecule has 1 unspecified atom stereocenters. The molecule has 2 saturated heterocycles. The summed E-state index contributed by atoms with van der Waals surface area (Å²) in [6.07, 6.45) is -6.60. The van der Waals surface area contributed by atoms with Gasteiger partial charge >= 0.3 is 29.8 Å². The van der Waals surface area contributed by atoms with Gasteiger partial charge in [0.05, 0.1) is 0 Å². The highest BCUT2D eigenvalue weighted by molar-refractivity contribution is 5.74. The maximum atomic E-state index is 12.4. The average Bonchev–Trinajstić information content (AvgIpc) is 3.34. The van der Waals surface area contributed by atoms with E-state index < -0.39 is 84.3 Å². The predicted molar refractivity (Wildman–Crippen MR) is 159 cm³/mol. The van der Waals surface area contributed by atoms with Gasteiger partial charge < -0.3 is 48.3 Å². The maximum Gasteiger partial charge on any atom is 0.308 e. The number of esters is 5. The summed E-state index contributed by atoms with van der Waals surface area (Å²) in [4.78, 5) is 63.6. The molecule has 0 amide bonds. The lowest BCUT2D eigenvalue weighted by Gasteiger charge is -2.56. The molecule has 1 aromatic rings. The molecule has 3 heterocycles. The number of nitrogens with zero attached hydrogens (tertiary/aromatic N) is 1. The molecular formula is C33H39NO14. The van der Waals surface area contributed by atoms with Gasteiger partial charge in [0.15, 0.2) is 23.7 Å². The monoisotopic (exact) mass is 673 g/mol. The Labute approximate surface area is 276 Å². The van der Waals surface area contributed by atoms with Gasteiger partial charge in [-0.2, -0.15) is 0 Å². The summed E-state index contributed by atoms with van der Waals surface area (Å²) in [6, 6.07) is 1.38. The summed E-state index contributed by atoms with van der Waals surface area (Å²) >= 11 is 0. The van der Waals surface area contributed by atoms with Crippen molar-refractivity contribution in [2.45, 2.75) is 108 Å². The number of piperidine rings is 1. The van der Waals surface area contributed by atoms with Crippen molar-refractivity contribution in [3.8, 4) is 11.5 Å². The van der Waals surface area contributed by atoms with Crippen LogP contribution in [-0.2, 0) is 59.5 Å². The molecule has 48 heavy (non-hydrogen) atoms. The lowest BCUT2D eigenvalue weighted by atomic mass is 9.53. The molecule has 15 nitrogen and oxygen atoms in total. The second-order valence-electron chi connectivity index (χ2n) is 13.0. The van der Waals surface area contributed by atoms with Crippen molar-refractivity contribution in [2.24, 2.45) is 5.92 Å². The average molecular weight is 674 g/mol. The van der Waals surface area contributed by atoms with Crippen LogP contribution in [0.5, 0.6) is 11.5 Å². The minimum atomic E-state index is -1.69. The maximum absolute atomic E-state index is 12.4. The normalized spacial score (nSPS) is 35.0. The van der Waals surface area contributed by atoms with Crippen LogP contribution in [0, 0.1) is 5.92 Å². The van der Waals surface area contributed by atoms with Crippen molar-refractivity contribution in [2.75, 3.05) is 13.6 Å². The molecule has 2 fully saturated rings. The van der Waals surface area contributed by atoms with E-state index in [2.05, 4.69) is 4.90 Å². The first-order valence-corrected chi connectivity index (χ1v) is 15.8. The number of hydrogen-bond donors (Lipinski definition) is 2. The van der Waals surface area contributed by atoms with Gasteiger partial charge in [-0.05, 0) is 43.6 Å². The first kappa shape index (κ1) is 33.8. The SMILES string of the molecule is CC(=O)Oc1cc(C(O)[C@H]2O[C@@H](OC(C)=O)[C@H](OC(C)=O)[C@@H](OC(C)=O)[C@@H]2OC(C)=O)c2c3c1O[C@H]1[C@@H](O)C=C[C@H]4[C@@H](C2)N(C)CC[C@@]341. The standard InChI is InChI=1S/C33H39NO14/c1-13(35)42-23-12-19(18-11-21-20-7-8-22(40)31-33(20,9-10-34(21)6)24(18)26(23)47-31)25(41)27-28(43-14(2)36)29(44-15(3)37)30(45-16(4)38)32(48-27)46-17(5)39/h7-8,12,20-22,25,27-32,40-41H,9-11H2,1-6H3/t20-,21+,22-,25?,27+,28+,29-,30+,31-,32+,33-/m0/s1. The molecule has 0 radical (unpaired) electrons. The highest BCUT2D eigenvalue weighted by atomic mass is 16.7. The Hall–Kier alpha value is -4.05. The van der Waals surface area contributed by atoms with Crippen molar-refractivity contribution in [3.63, 3.8) is 0 Å². The van der Waals surface area contributed by atoms with Crippen molar-refractivity contribution < 1.29 is 67.3 Å². The zero-order valence-corrected chi connectivity index (χ0v) is 27.4. The molecule has 3 aliphatic heterocycles. The number of benzene rings is 1. The van der Waals surface area contributed by atoms with Gasteiger partial charge in [0.2, 0.25) is 12.4 Å². The number of carbonyl (C=O) groups is 5. The number of hydrogen-bond acceptors (Lipinski definition) is 15. The van der Waals surface area contributed by atoms with E-state index in [-0.39, 0.29) is 23.3 Å². The summed E-state index contributed by atoms with van der Waals surface area (Å²) in [5.74, 6) is -3.78.